The molecule has 4 rings (SSSR count). The Hall–Kier alpha value is -2.95. The van der Waals surface area contributed by atoms with E-state index >= 15 is 0 Å². The van der Waals surface area contributed by atoms with E-state index in [-0.39, 0.29) is 11.9 Å². The van der Waals surface area contributed by atoms with Gasteiger partial charge in [0.25, 0.3) is 0 Å². The van der Waals surface area contributed by atoms with Crippen molar-refractivity contribution in [3.8, 4) is 11.1 Å². The Labute approximate surface area is 140 Å². The van der Waals surface area contributed by atoms with Crippen molar-refractivity contribution in [2.45, 2.75) is 19.0 Å². The Morgan fingerprint density at radius 2 is 1.67 bits per heavy atom. The van der Waals surface area contributed by atoms with Gasteiger partial charge in [-0.25, -0.2) is 9.67 Å². The highest BCUT2D eigenvalue weighted by atomic mass is 16.2. The number of nitrogens with zero attached hydrogens (tertiary/aromatic N) is 4. The Morgan fingerprint density at radius 1 is 1.08 bits per heavy atom. The quantitative estimate of drug-likeness (QED) is 0.746. The van der Waals surface area contributed by atoms with Crippen LogP contribution in [0.5, 0.6) is 0 Å². The van der Waals surface area contributed by atoms with Gasteiger partial charge in [-0.15, -0.1) is 0 Å². The van der Waals surface area contributed by atoms with Gasteiger partial charge < -0.3 is 4.90 Å². The highest BCUT2D eigenvalue weighted by molar-refractivity contribution is 5.85. The predicted octanol–water partition coefficient (Wildman–Crippen LogP) is 3.07. The van der Waals surface area contributed by atoms with Crippen LogP contribution in [-0.2, 0) is 4.79 Å². The lowest BCUT2D eigenvalue weighted by molar-refractivity contribution is -0.134. The molecule has 0 aliphatic heterocycles. The van der Waals surface area contributed by atoms with Crippen LogP contribution < -0.4 is 0 Å². The largest absolute Gasteiger partial charge is 0.333 e. The molecule has 1 amide bonds. The van der Waals surface area contributed by atoms with Gasteiger partial charge in [-0.2, -0.15) is 5.10 Å². The second kappa shape index (κ2) is 5.60. The maximum atomic E-state index is 13.0. The van der Waals surface area contributed by atoms with Crippen LogP contribution in [0.4, 0.5) is 0 Å². The van der Waals surface area contributed by atoms with Crippen LogP contribution in [0, 0.1) is 0 Å². The molecule has 0 saturated heterocycles. The molecule has 0 saturated carbocycles. The maximum Gasteiger partial charge on any atom is 0.247 e. The number of carbonyl (C=O) groups is 1. The van der Waals surface area contributed by atoms with Gasteiger partial charge in [-0.1, -0.05) is 48.5 Å². The molecular formula is C19H18N4O. The van der Waals surface area contributed by atoms with E-state index in [1.807, 2.05) is 43.1 Å². The van der Waals surface area contributed by atoms with Gasteiger partial charge in [0.1, 0.15) is 18.7 Å². The fourth-order valence-corrected chi connectivity index (χ4v) is 3.50. The second-order valence-corrected chi connectivity index (χ2v) is 6.08. The van der Waals surface area contributed by atoms with Gasteiger partial charge >= 0.3 is 0 Å². The molecule has 0 bridgehead atoms. The molecule has 3 aromatic rings. The van der Waals surface area contributed by atoms with Crippen LogP contribution in [0.15, 0.2) is 61.2 Å². The van der Waals surface area contributed by atoms with E-state index < -0.39 is 6.04 Å². The average molecular weight is 318 g/mol. The van der Waals surface area contributed by atoms with Crippen molar-refractivity contribution in [1.82, 2.24) is 19.7 Å². The fraction of sp³-hybridized carbons (Fsp3) is 0.211. The SMILES string of the molecule is C[C@@H](C(=O)N(C)C1c2ccccc2-c2ccccc21)n1cncn1. The molecule has 2 aromatic carbocycles. The average Bonchev–Trinajstić information content (AvgIpc) is 3.26. The molecule has 5 nitrogen and oxygen atoms in total. The normalized spacial score (nSPS) is 14.1. The van der Waals surface area contributed by atoms with E-state index in [1.165, 1.54) is 28.6 Å². The highest BCUT2D eigenvalue weighted by Crippen LogP contribution is 2.46. The first kappa shape index (κ1) is 14.6. The van der Waals surface area contributed by atoms with E-state index in [1.54, 1.807) is 11.0 Å². The first-order chi connectivity index (χ1) is 11.7. The summed E-state index contributed by atoms with van der Waals surface area (Å²) in [5, 5.41) is 4.09. The lowest BCUT2D eigenvalue weighted by Crippen LogP contribution is -2.36. The number of amides is 1. The number of aromatic nitrogens is 3. The molecule has 0 radical (unpaired) electrons. The van der Waals surface area contributed by atoms with E-state index in [0.717, 1.165) is 0 Å². The lowest BCUT2D eigenvalue weighted by Gasteiger charge is -2.29. The third-order valence-corrected chi connectivity index (χ3v) is 4.73. The Balaban J connectivity index is 1.74. The van der Waals surface area contributed by atoms with Gasteiger partial charge in [-0.05, 0) is 29.2 Å². The Bertz CT molecular complexity index is 842. The van der Waals surface area contributed by atoms with Crippen LogP contribution in [0.1, 0.15) is 30.1 Å². The third-order valence-electron chi connectivity index (χ3n) is 4.73. The van der Waals surface area contributed by atoms with Crippen LogP contribution in [0.25, 0.3) is 11.1 Å². The van der Waals surface area contributed by atoms with Crippen molar-refractivity contribution in [1.29, 1.82) is 0 Å². The van der Waals surface area contributed by atoms with Crippen molar-refractivity contribution >= 4 is 5.91 Å². The van der Waals surface area contributed by atoms with Crippen molar-refractivity contribution in [2.75, 3.05) is 7.05 Å². The molecule has 1 heterocycles. The first-order valence-electron chi connectivity index (χ1n) is 7.97. The summed E-state index contributed by atoms with van der Waals surface area (Å²) >= 11 is 0. The predicted molar refractivity (Wildman–Crippen MR) is 91.2 cm³/mol. The zero-order valence-electron chi connectivity index (χ0n) is 13.6. The van der Waals surface area contributed by atoms with Crippen molar-refractivity contribution in [2.24, 2.45) is 0 Å². The van der Waals surface area contributed by atoms with Crippen molar-refractivity contribution in [3.63, 3.8) is 0 Å². The van der Waals surface area contributed by atoms with Crippen LogP contribution >= 0.6 is 0 Å². The molecule has 1 aromatic heterocycles. The summed E-state index contributed by atoms with van der Waals surface area (Å²) in [5.41, 5.74) is 4.73. The van der Waals surface area contributed by atoms with Crippen LogP contribution in [0.2, 0.25) is 0 Å². The number of likely N-dealkylation sites (N-methyl/N-ethyl adjacent to an activating group) is 1. The molecule has 1 atom stereocenters. The number of fused-ring (bicyclic) bond motifs is 3. The maximum absolute atomic E-state index is 13.0. The number of rotatable bonds is 3. The highest BCUT2D eigenvalue weighted by Gasteiger charge is 2.34. The minimum atomic E-state index is -0.391. The molecule has 1 aliphatic carbocycles. The third kappa shape index (κ3) is 2.12. The summed E-state index contributed by atoms with van der Waals surface area (Å²) < 4.78 is 1.59. The Morgan fingerprint density at radius 3 is 2.21 bits per heavy atom. The number of hydrogen-bond acceptors (Lipinski definition) is 3. The topological polar surface area (TPSA) is 51.0 Å². The Kier molecular flexibility index (Phi) is 3.41. The summed E-state index contributed by atoms with van der Waals surface area (Å²) in [6, 6.07) is 16.1. The second-order valence-electron chi connectivity index (χ2n) is 6.08. The minimum Gasteiger partial charge on any atom is -0.333 e. The zero-order chi connectivity index (χ0) is 16.7. The lowest BCUT2D eigenvalue weighted by atomic mass is 10.0. The van der Waals surface area contributed by atoms with E-state index in [4.69, 9.17) is 0 Å². The summed E-state index contributed by atoms with van der Waals surface area (Å²) in [6.45, 7) is 1.85. The molecule has 5 heteroatoms. The summed E-state index contributed by atoms with van der Waals surface area (Å²) in [5.74, 6) is 0.0111. The number of hydrogen-bond donors (Lipinski definition) is 0. The molecule has 0 N–H and O–H groups in total. The monoisotopic (exact) mass is 318 g/mol. The van der Waals surface area contributed by atoms with Crippen LogP contribution in [-0.4, -0.2) is 32.6 Å². The van der Waals surface area contributed by atoms with Crippen LogP contribution in [0.3, 0.4) is 0 Å². The molecule has 0 fully saturated rings. The number of benzene rings is 2. The van der Waals surface area contributed by atoms with E-state index in [0.29, 0.717) is 0 Å². The van der Waals surface area contributed by atoms with E-state index in [9.17, 15) is 4.79 Å². The summed E-state index contributed by atoms with van der Waals surface area (Å²) in [4.78, 5) is 18.7. The molecule has 24 heavy (non-hydrogen) atoms. The van der Waals surface area contributed by atoms with E-state index in [2.05, 4.69) is 34.3 Å². The van der Waals surface area contributed by atoms with Gasteiger partial charge in [0.2, 0.25) is 5.91 Å². The molecule has 120 valence electrons. The summed E-state index contributed by atoms with van der Waals surface area (Å²) in [6.07, 6.45) is 3.02. The smallest absolute Gasteiger partial charge is 0.247 e. The van der Waals surface area contributed by atoms with Gasteiger partial charge in [0, 0.05) is 7.05 Å². The van der Waals surface area contributed by atoms with Gasteiger partial charge in [0.15, 0.2) is 0 Å². The minimum absolute atomic E-state index is 0.0111. The fourth-order valence-electron chi connectivity index (χ4n) is 3.50. The molecule has 1 aliphatic rings. The standard InChI is InChI=1S/C19H18N4O/c1-13(23-12-20-11-21-23)19(24)22(2)18-16-9-5-3-7-14(16)15-8-4-6-10-17(15)18/h3-13,18H,1-2H3/t13-/m0/s1. The van der Waals surface area contributed by atoms with Gasteiger partial charge in [0.05, 0.1) is 6.04 Å². The van der Waals surface area contributed by atoms with Gasteiger partial charge in [-0.3, -0.25) is 4.79 Å². The first-order valence-corrected chi connectivity index (χ1v) is 7.97. The zero-order valence-corrected chi connectivity index (χ0v) is 13.6. The molecule has 0 unspecified atom stereocenters. The van der Waals surface area contributed by atoms with Crippen molar-refractivity contribution < 1.29 is 4.79 Å². The molecular weight excluding hydrogens is 300 g/mol. The van der Waals surface area contributed by atoms with Crippen molar-refractivity contribution in [3.05, 3.63) is 72.3 Å². The molecule has 0 spiro atoms. The summed E-state index contributed by atoms with van der Waals surface area (Å²) in [7, 11) is 1.86. The number of carbonyl (C=O) groups excluding carboxylic acids is 1.